The zero-order valence-corrected chi connectivity index (χ0v) is 13.2. The summed E-state index contributed by atoms with van der Waals surface area (Å²) in [5.74, 6) is -0.103. The molecular formula is C15H16BF5S. The van der Waals surface area contributed by atoms with Crippen molar-refractivity contribution in [1.29, 1.82) is 0 Å². The molecule has 0 aliphatic rings. The molecule has 0 aliphatic carbocycles. The van der Waals surface area contributed by atoms with Gasteiger partial charge >= 0.3 is 7.25 Å². The van der Waals surface area contributed by atoms with E-state index in [1.54, 1.807) is 6.07 Å². The number of aryl methyl sites for hydroxylation is 1. The maximum atomic E-state index is 13.6. The van der Waals surface area contributed by atoms with Gasteiger partial charge in [0.05, 0.1) is 0 Å². The van der Waals surface area contributed by atoms with Gasteiger partial charge in [0.15, 0.2) is 10.7 Å². The molecule has 0 spiro atoms. The molecule has 0 unspecified atom stereocenters. The van der Waals surface area contributed by atoms with Gasteiger partial charge in [0.25, 0.3) is 0 Å². The predicted molar refractivity (Wildman–Crippen MR) is 84.2 cm³/mol. The Kier molecular flexibility index (Phi) is 6.47. The van der Waals surface area contributed by atoms with Crippen LogP contribution in [0, 0.1) is 12.7 Å². The summed E-state index contributed by atoms with van der Waals surface area (Å²) < 4.78 is 52.6. The fourth-order valence-corrected chi connectivity index (χ4v) is 2.56. The molecule has 0 N–H and O–H groups in total. The first-order valence-electron chi connectivity index (χ1n) is 6.39. The second kappa shape index (κ2) is 7.67. The minimum atomic E-state index is -6.00. The Morgan fingerprint density at radius 1 is 0.818 bits per heavy atom. The Morgan fingerprint density at radius 2 is 1.27 bits per heavy atom. The van der Waals surface area contributed by atoms with Crippen LogP contribution in [0.4, 0.5) is 21.7 Å². The summed E-state index contributed by atoms with van der Waals surface area (Å²) in [5, 5.41) is 0. The smallest absolute Gasteiger partial charge is 0.418 e. The van der Waals surface area contributed by atoms with Crippen molar-refractivity contribution >= 4 is 18.1 Å². The minimum Gasteiger partial charge on any atom is -0.418 e. The third-order valence-corrected chi connectivity index (χ3v) is 3.95. The van der Waals surface area contributed by atoms with Crippen LogP contribution < -0.4 is 0 Å². The predicted octanol–water partition coefficient (Wildman–Crippen LogP) is 5.34. The first-order valence-corrected chi connectivity index (χ1v) is 8.43. The van der Waals surface area contributed by atoms with E-state index in [2.05, 4.69) is 31.2 Å². The van der Waals surface area contributed by atoms with Gasteiger partial charge in [-0.05, 0) is 24.1 Å². The number of halogens is 5. The molecule has 0 fully saturated rings. The third-order valence-electron chi connectivity index (χ3n) is 2.76. The summed E-state index contributed by atoms with van der Waals surface area (Å²) >= 11 is 0. The van der Waals surface area contributed by atoms with Gasteiger partial charge in [0.1, 0.15) is 12.5 Å². The number of hydrogen-bond acceptors (Lipinski definition) is 0. The fraction of sp³-hybridized carbons (Fsp3) is 0.200. The van der Waals surface area contributed by atoms with E-state index in [9.17, 15) is 21.7 Å². The van der Waals surface area contributed by atoms with Gasteiger partial charge < -0.3 is 17.3 Å². The van der Waals surface area contributed by atoms with Crippen LogP contribution in [0.5, 0.6) is 0 Å². The van der Waals surface area contributed by atoms with Crippen LogP contribution >= 0.6 is 0 Å². The van der Waals surface area contributed by atoms with Crippen molar-refractivity contribution in [2.45, 2.75) is 11.8 Å². The van der Waals surface area contributed by atoms with Crippen LogP contribution in [0.25, 0.3) is 11.1 Å². The lowest BCUT2D eigenvalue weighted by Gasteiger charge is -2.05. The highest BCUT2D eigenvalue weighted by molar-refractivity contribution is 7.95. The summed E-state index contributed by atoms with van der Waals surface area (Å²) in [4.78, 5) is 0.808. The average molecular weight is 334 g/mol. The quantitative estimate of drug-likeness (QED) is 0.395. The monoisotopic (exact) mass is 334 g/mol. The molecule has 0 bridgehead atoms. The lowest BCUT2D eigenvalue weighted by molar-refractivity contribution is 0.368. The normalized spacial score (nSPS) is 11.1. The van der Waals surface area contributed by atoms with Gasteiger partial charge in [-0.2, -0.15) is 0 Å². The summed E-state index contributed by atoms with van der Waals surface area (Å²) in [6, 6.07) is 13.7. The molecule has 120 valence electrons. The van der Waals surface area contributed by atoms with E-state index in [4.69, 9.17) is 0 Å². The molecule has 0 radical (unpaired) electrons. The zero-order valence-electron chi connectivity index (χ0n) is 12.4. The van der Waals surface area contributed by atoms with Crippen molar-refractivity contribution in [3.63, 3.8) is 0 Å². The third kappa shape index (κ3) is 6.51. The van der Waals surface area contributed by atoms with E-state index in [-0.39, 0.29) is 16.7 Å². The molecule has 7 heteroatoms. The molecule has 0 heterocycles. The zero-order chi connectivity index (χ0) is 16.9. The molecule has 0 aromatic heterocycles. The summed E-state index contributed by atoms with van der Waals surface area (Å²) in [6.45, 7) is 2.06. The Hall–Kier alpha value is -1.50. The van der Waals surface area contributed by atoms with E-state index in [0.29, 0.717) is 0 Å². The maximum absolute atomic E-state index is 13.6. The standard InChI is InChI=1S/C15H16FS.BF4/c1-11-4-6-12(7-5-11)13-8-9-14(16)15(10-13)17(2)3;2-1(3,4)5/h4-10H,1-3H3;/q+1;-1. The molecular weight excluding hydrogens is 318 g/mol. The van der Waals surface area contributed by atoms with Crippen molar-refractivity contribution in [2.24, 2.45) is 0 Å². The highest BCUT2D eigenvalue weighted by Crippen LogP contribution is 2.25. The molecule has 2 aromatic carbocycles. The highest BCUT2D eigenvalue weighted by atomic mass is 32.2. The van der Waals surface area contributed by atoms with Gasteiger partial charge in [-0.25, -0.2) is 4.39 Å². The highest BCUT2D eigenvalue weighted by Gasteiger charge is 2.20. The second-order valence-corrected chi connectivity index (χ2v) is 6.90. The lowest BCUT2D eigenvalue weighted by atomic mass is 10.0. The van der Waals surface area contributed by atoms with Crippen molar-refractivity contribution in [2.75, 3.05) is 12.5 Å². The molecule has 22 heavy (non-hydrogen) atoms. The molecule has 0 nitrogen and oxygen atoms in total. The first-order chi connectivity index (χ1) is 10.1. The SMILES string of the molecule is Cc1ccc(-c2ccc(F)c([S+](C)C)c2)cc1.F[B-](F)(F)F. The van der Waals surface area contributed by atoms with Gasteiger partial charge in [0, 0.05) is 17.0 Å². The molecule has 0 atom stereocenters. The van der Waals surface area contributed by atoms with Crippen molar-refractivity contribution in [3.05, 3.63) is 53.8 Å². The van der Waals surface area contributed by atoms with Crippen molar-refractivity contribution < 1.29 is 21.7 Å². The second-order valence-electron chi connectivity index (χ2n) is 4.82. The van der Waals surface area contributed by atoms with Gasteiger partial charge in [-0.3, -0.25) is 0 Å². The van der Waals surface area contributed by atoms with Crippen LogP contribution in [0.1, 0.15) is 5.56 Å². The van der Waals surface area contributed by atoms with Gasteiger partial charge in [0.2, 0.25) is 0 Å². The Morgan fingerprint density at radius 3 is 1.73 bits per heavy atom. The average Bonchev–Trinajstić information content (AvgIpc) is 2.38. The van der Waals surface area contributed by atoms with E-state index in [0.717, 1.165) is 16.0 Å². The van der Waals surface area contributed by atoms with Crippen LogP contribution in [0.15, 0.2) is 47.4 Å². The molecule has 2 rings (SSSR count). The molecule has 0 aliphatic heterocycles. The van der Waals surface area contributed by atoms with E-state index in [1.165, 1.54) is 5.56 Å². The summed E-state index contributed by atoms with van der Waals surface area (Å²) in [6.07, 6.45) is 4.08. The van der Waals surface area contributed by atoms with E-state index in [1.807, 2.05) is 24.6 Å². The van der Waals surface area contributed by atoms with Gasteiger partial charge in [-0.1, -0.05) is 35.9 Å². The fourth-order valence-electron chi connectivity index (χ4n) is 1.74. The molecule has 2 aromatic rings. The number of benzene rings is 2. The van der Waals surface area contributed by atoms with E-state index < -0.39 is 7.25 Å². The van der Waals surface area contributed by atoms with Crippen LogP contribution in [0.3, 0.4) is 0 Å². The summed E-state index contributed by atoms with van der Waals surface area (Å²) in [5.41, 5.74) is 3.46. The van der Waals surface area contributed by atoms with Crippen LogP contribution in [0.2, 0.25) is 0 Å². The first kappa shape index (κ1) is 18.6. The minimum absolute atomic E-state index is 0.0540. The topological polar surface area (TPSA) is 0 Å². The Balaban J connectivity index is 0.000000422. The van der Waals surface area contributed by atoms with Crippen molar-refractivity contribution in [3.8, 4) is 11.1 Å². The largest absolute Gasteiger partial charge is 0.673 e. The molecule has 0 saturated heterocycles. The Bertz CT molecular complexity index is 602. The van der Waals surface area contributed by atoms with Gasteiger partial charge in [-0.15, -0.1) is 0 Å². The summed E-state index contributed by atoms with van der Waals surface area (Å²) in [7, 11) is -6.05. The lowest BCUT2D eigenvalue weighted by Crippen LogP contribution is -2.02. The van der Waals surface area contributed by atoms with Crippen molar-refractivity contribution in [1.82, 2.24) is 0 Å². The maximum Gasteiger partial charge on any atom is 0.673 e. The van der Waals surface area contributed by atoms with Crippen LogP contribution in [-0.4, -0.2) is 19.8 Å². The number of hydrogen-bond donors (Lipinski definition) is 0. The molecule has 0 amide bonds. The Labute approximate surface area is 129 Å². The number of rotatable bonds is 2. The molecule has 0 saturated carbocycles. The van der Waals surface area contributed by atoms with E-state index >= 15 is 0 Å². The van der Waals surface area contributed by atoms with Crippen LogP contribution in [-0.2, 0) is 10.9 Å².